The van der Waals surface area contributed by atoms with Gasteiger partial charge in [-0.05, 0) is 42.2 Å². The molecule has 29 heavy (non-hydrogen) atoms. The Morgan fingerprint density at radius 1 is 1.03 bits per heavy atom. The molecule has 0 saturated carbocycles. The molecule has 1 unspecified atom stereocenters. The predicted octanol–water partition coefficient (Wildman–Crippen LogP) is 4.19. The highest BCUT2D eigenvalue weighted by molar-refractivity contribution is 6.09. The Morgan fingerprint density at radius 3 is 2.48 bits per heavy atom. The maximum Gasteiger partial charge on any atom is 0.167 e. The predicted molar refractivity (Wildman–Crippen MR) is 105 cm³/mol. The van der Waals surface area contributed by atoms with Crippen LogP contribution in [0.1, 0.15) is 34.0 Å². The van der Waals surface area contributed by atoms with Crippen molar-refractivity contribution in [2.75, 3.05) is 5.73 Å². The summed E-state index contributed by atoms with van der Waals surface area (Å²) < 4.78 is 29.0. The SMILES string of the molecule is Nc1c2c(nc3c1cnn3-c1ccccc1)CC(c1cc(F)cc(F)c1)CC2=O. The van der Waals surface area contributed by atoms with Gasteiger partial charge in [-0.2, -0.15) is 5.10 Å². The summed E-state index contributed by atoms with van der Waals surface area (Å²) in [6, 6.07) is 12.8. The number of Topliss-reactive ketones (excluding diaryl/α,β-unsaturated/α-hetero) is 1. The Morgan fingerprint density at radius 2 is 1.76 bits per heavy atom. The van der Waals surface area contributed by atoms with Crippen LogP contribution in [0, 0.1) is 11.6 Å². The molecule has 5 rings (SSSR count). The first kappa shape index (κ1) is 17.5. The fourth-order valence-corrected chi connectivity index (χ4v) is 4.01. The molecule has 0 bridgehead atoms. The summed E-state index contributed by atoms with van der Waals surface area (Å²) in [6.45, 7) is 0. The molecule has 1 atom stereocenters. The van der Waals surface area contributed by atoms with Crippen molar-refractivity contribution < 1.29 is 13.6 Å². The van der Waals surface area contributed by atoms with Crippen LogP contribution in [0.2, 0.25) is 0 Å². The summed E-state index contributed by atoms with van der Waals surface area (Å²) in [5.41, 5.74) is 9.39. The molecule has 144 valence electrons. The first-order chi connectivity index (χ1) is 14.0. The van der Waals surface area contributed by atoms with Crippen LogP contribution in [-0.2, 0) is 6.42 Å². The summed E-state index contributed by atoms with van der Waals surface area (Å²) in [5.74, 6) is -1.87. The quantitative estimate of drug-likeness (QED) is 0.557. The van der Waals surface area contributed by atoms with Crippen LogP contribution in [0.3, 0.4) is 0 Å². The molecule has 2 heterocycles. The van der Waals surface area contributed by atoms with E-state index >= 15 is 0 Å². The minimum absolute atomic E-state index is 0.125. The van der Waals surface area contributed by atoms with E-state index in [1.807, 2.05) is 30.3 Å². The lowest BCUT2D eigenvalue weighted by Crippen LogP contribution is -2.22. The van der Waals surface area contributed by atoms with Gasteiger partial charge < -0.3 is 5.73 Å². The standard InChI is InChI=1S/C22H16F2N4O/c23-14-6-12(7-15(24)10-14)13-8-18-20(19(29)9-13)21(25)17-11-26-28(22(17)27-18)16-4-2-1-3-5-16/h1-7,10-11,13H,8-9H2,(H2,25,27). The van der Waals surface area contributed by atoms with E-state index in [4.69, 9.17) is 10.7 Å². The van der Waals surface area contributed by atoms with Gasteiger partial charge in [-0.15, -0.1) is 0 Å². The van der Waals surface area contributed by atoms with Crippen molar-refractivity contribution in [1.82, 2.24) is 14.8 Å². The molecule has 1 aliphatic carbocycles. The van der Waals surface area contributed by atoms with Gasteiger partial charge in [-0.25, -0.2) is 18.4 Å². The highest BCUT2D eigenvalue weighted by Crippen LogP contribution is 2.37. The Hall–Kier alpha value is -3.61. The lowest BCUT2D eigenvalue weighted by molar-refractivity contribution is 0.0964. The van der Waals surface area contributed by atoms with Gasteiger partial charge in [0.05, 0.1) is 34.2 Å². The molecule has 0 spiro atoms. The Balaban J connectivity index is 1.65. The molecule has 0 aliphatic heterocycles. The van der Waals surface area contributed by atoms with Crippen LogP contribution in [-0.4, -0.2) is 20.5 Å². The van der Waals surface area contributed by atoms with Gasteiger partial charge in [-0.1, -0.05) is 18.2 Å². The van der Waals surface area contributed by atoms with E-state index in [2.05, 4.69) is 5.10 Å². The van der Waals surface area contributed by atoms with Gasteiger partial charge in [0.2, 0.25) is 0 Å². The Bertz CT molecular complexity index is 1250. The number of benzene rings is 2. The van der Waals surface area contributed by atoms with Gasteiger partial charge in [-0.3, -0.25) is 4.79 Å². The minimum atomic E-state index is -0.664. The molecule has 0 saturated heterocycles. The highest BCUT2D eigenvalue weighted by Gasteiger charge is 2.31. The summed E-state index contributed by atoms with van der Waals surface area (Å²) in [7, 11) is 0. The summed E-state index contributed by atoms with van der Waals surface area (Å²) in [6.07, 6.45) is 2.09. The lowest BCUT2D eigenvalue weighted by atomic mass is 9.81. The minimum Gasteiger partial charge on any atom is -0.397 e. The zero-order valence-corrected chi connectivity index (χ0v) is 15.3. The van der Waals surface area contributed by atoms with E-state index in [1.165, 1.54) is 12.1 Å². The van der Waals surface area contributed by atoms with Crippen LogP contribution in [0.5, 0.6) is 0 Å². The van der Waals surface area contributed by atoms with E-state index in [9.17, 15) is 13.6 Å². The fourth-order valence-electron chi connectivity index (χ4n) is 4.01. The number of fused-ring (bicyclic) bond motifs is 2. The van der Waals surface area contributed by atoms with Crippen molar-refractivity contribution in [2.45, 2.75) is 18.8 Å². The second kappa shape index (κ2) is 6.48. The Labute approximate surface area is 164 Å². The van der Waals surface area contributed by atoms with Crippen molar-refractivity contribution in [3.63, 3.8) is 0 Å². The van der Waals surface area contributed by atoms with Crippen molar-refractivity contribution >= 4 is 22.5 Å². The average Bonchev–Trinajstić information content (AvgIpc) is 3.12. The van der Waals surface area contributed by atoms with E-state index in [1.54, 1.807) is 10.9 Å². The number of carbonyl (C=O) groups is 1. The molecule has 1 aliphatic rings. The number of halogens is 2. The molecule has 7 heteroatoms. The van der Waals surface area contributed by atoms with Crippen LogP contribution in [0.25, 0.3) is 16.7 Å². The van der Waals surface area contributed by atoms with Crippen LogP contribution in [0.15, 0.2) is 54.7 Å². The number of nitrogens with two attached hydrogens (primary N) is 1. The number of aromatic nitrogens is 3. The van der Waals surface area contributed by atoms with E-state index in [0.717, 1.165) is 11.8 Å². The van der Waals surface area contributed by atoms with E-state index in [-0.39, 0.29) is 18.1 Å². The topological polar surface area (TPSA) is 73.8 Å². The molecule has 2 N–H and O–H groups in total. The first-order valence-electron chi connectivity index (χ1n) is 9.22. The second-order valence-corrected chi connectivity index (χ2v) is 7.21. The third-order valence-electron chi connectivity index (χ3n) is 5.34. The number of hydrogen-bond donors (Lipinski definition) is 1. The second-order valence-electron chi connectivity index (χ2n) is 7.21. The number of pyridine rings is 1. The molecule has 2 aromatic carbocycles. The van der Waals surface area contributed by atoms with Crippen LogP contribution in [0.4, 0.5) is 14.5 Å². The number of nitrogens with zero attached hydrogens (tertiary/aromatic N) is 3. The van der Waals surface area contributed by atoms with Gasteiger partial charge in [0, 0.05) is 12.5 Å². The monoisotopic (exact) mass is 390 g/mol. The molecule has 4 aromatic rings. The van der Waals surface area contributed by atoms with Crippen molar-refractivity contribution in [3.05, 3.63) is 83.2 Å². The van der Waals surface area contributed by atoms with Gasteiger partial charge in [0.25, 0.3) is 0 Å². The van der Waals surface area contributed by atoms with Crippen molar-refractivity contribution in [1.29, 1.82) is 0 Å². The number of carbonyl (C=O) groups excluding carboxylic acids is 1. The zero-order chi connectivity index (χ0) is 20.1. The molecule has 0 amide bonds. The zero-order valence-electron chi connectivity index (χ0n) is 15.3. The van der Waals surface area contributed by atoms with Crippen LogP contribution >= 0.6 is 0 Å². The van der Waals surface area contributed by atoms with Gasteiger partial charge in [0.15, 0.2) is 11.4 Å². The maximum atomic E-state index is 13.7. The fraction of sp³-hybridized carbons (Fsp3) is 0.136. The molecular formula is C22H16F2N4O. The van der Waals surface area contributed by atoms with Crippen molar-refractivity contribution in [3.8, 4) is 5.69 Å². The molecule has 2 aromatic heterocycles. The third kappa shape index (κ3) is 2.86. The lowest BCUT2D eigenvalue weighted by Gasteiger charge is -2.24. The summed E-state index contributed by atoms with van der Waals surface area (Å²) in [4.78, 5) is 17.5. The number of ketones is 1. The summed E-state index contributed by atoms with van der Waals surface area (Å²) in [5, 5.41) is 4.99. The molecule has 0 fully saturated rings. The number of rotatable bonds is 2. The van der Waals surface area contributed by atoms with E-state index in [0.29, 0.717) is 40.0 Å². The number of nitrogen functional groups attached to an aromatic ring is 1. The number of anilines is 1. The number of hydrogen-bond acceptors (Lipinski definition) is 4. The molecular weight excluding hydrogens is 374 g/mol. The van der Waals surface area contributed by atoms with Crippen molar-refractivity contribution in [2.24, 2.45) is 0 Å². The van der Waals surface area contributed by atoms with Gasteiger partial charge in [0.1, 0.15) is 11.6 Å². The largest absolute Gasteiger partial charge is 0.397 e. The van der Waals surface area contributed by atoms with E-state index < -0.39 is 11.6 Å². The third-order valence-corrected chi connectivity index (χ3v) is 5.34. The normalized spacial score (nSPS) is 16.2. The molecule has 5 nitrogen and oxygen atoms in total. The van der Waals surface area contributed by atoms with Gasteiger partial charge >= 0.3 is 0 Å². The summed E-state index contributed by atoms with van der Waals surface area (Å²) >= 11 is 0. The Kier molecular flexibility index (Phi) is 3.91. The first-order valence-corrected chi connectivity index (χ1v) is 9.22. The average molecular weight is 390 g/mol. The highest BCUT2D eigenvalue weighted by atomic mass is 19.1. The number of para-hydroxylation sites is 1. The maximum absolute atomic E-state index is 13.7. The smallest absolute Gasteiger partial charge is 0.167 e. The van der Waals surface area contributed by atoms with Crippen LogP contribution < -0.4 is 5.73 Å². The molecule has 0 radical (unpaired) electrons.